The SMILES string of the molecule is CCCS(=O)(=O)c1ccccc1NCc1ccc(C)nc1. The van der Waals surface area contributed by atoms with Crippen molar-refractivity contribution in [2.24, 2.45) is 0 Å². The average Bonchev–Trinajstić information content (AvgIpc) is 2.47. The summed E-state index contributed by atoms with van der Waals surface area (Å²) in [6.45, 7) is 4.35. The van der Waals surface area contributed by atoms with Crippen LogP contribution in [0.1, 0.15) is 24.6 Å². The van der Waals surface area contributed by atoms with Gasteiger partial charge in [0.1, 0.15) is 0 Å². The normalized spacial score (nSPS) is 11.3. The van der Waals surface area contributed by atoms with Crippen LogP contribution < -0.4 is 5.32 Å². The van der Waals surface area contributed by atoms with E-state index in [1.54, 1.807) is 24.4 Å². The van der Waals surface area contributed by atoms with Gasteiger partial charge in [0, 0.05) is 18.4 Å². The Morgan fingerprint density at radius 1 is 1.14 bits per heavy atom. The highest BCUT2D eigenvalue weighted by atomic mass is 32.2. The minimum Gasteiger partial charge on any atom is -0.380 e. The van der Waals surface area contributed by atoms with Crippen molar-refractivity contribution in [3.8, 4) is 0 Å². The van der Waals surface area contributed by atoms with E-state index in [1.807, 2.05) is 32.0 Å². The Morgan fingerprint density at radius 3 is 2.57 bits per heavy atom. The quantitative estimate of drug-likeness (QED) is 0.890. The van der Waals surface area contributed by atoms with Gasteiger partial charge < -0.3 is 5.32 Å². The highest BCUT2D eigenvalue weighted by Gasteiger charge is 2.17. The fraction of sp³-hybridized carbons (Fsp3) is 0.312. The number of hydrogen-bond donors (Lipinski definition) is 1. The zero-order valence-corrected chi connectivity index (χ0v) is 13.2. The summed E-state index contributed by atoms with van der Waals surface area (Å²) in [6, 6.07) is 11.0. The zero-order chi connectivity index (χ0) is 15.3. The third kappa shape index (κ3) is 4.04. The molecule has 2 rings (SSSR count). The second-order valence-electron chi connectivity index (χ2n) is 4.98. The third-order valence-electron chi connectivity index (χ3n) is 3.15. The van der Waals surface area contributed by atoms with Crippen LogP contribution in [0.15, 0.2) is 47.5 Å². The summed E-state index contributed by atoms with van der Waals surface area (Å²) in [5.41, 5.74) is 2.62. The van der Waals surface area contributed by atoms with E-state index < -0.39 is 9.84 Å². The molecule has 0 radical (unpaired) electrons. The van der Waals surface area contributed by atoms with Crippen LogP contribution in [0.2, 0.25) is 0 Å². The van der Waals surface area contributed by atoms with Crippen molar-refractivity contribution in [3.05, 3.63) is 53.9 Å². The lowest BCUT2D eigenvalue weighted by atomic mass is 10.2. The van der Waals surface area contributed by atoms with Crippen molar-refractivity contribution in [1.29, 1.82) is 0 Å². The van der Waals surface area contributed by atoms with Gasteiger partial charge >= 0.3 is 0 Å². The highest BCUT2D eigenvalue weighted by molar-refractivity contribution is 7.91. The predicted octanol–water partition coefficient (Wildman–Crippen LogP) is 3.19. The Morgan fingerprint density at radius 2 is 1.90 bits per heavy atom. The Labute approximate surface area is 126 Å². The van der Waals surface area contributed by atoms with Gasteiger partial charge in [0.2, 0.25) is 0 Å². The topological polar surface area (TPSA) is 59.1 Å². The van der Waals surface area contributed by atoms with Gasteiger partial charge in [-0.2, -0.15) is 0 Å². The zero-order valence-electron chi connectivity index (χ0n) is 12.3. The predicted molar refractivity (Wildman–Crippen MR) is 85.1 cm³/mol. The largest absolute Gasteiger partial charge is 0.380 e. The van der Waals surface area contributed by atoms with Gasteiger partial charge in [0.05, 0.1) is 16.3 Å². The van der Waals surface area contributed by atoms with Crippen LogP contribution in [0, 0.1) is 6.92 Å². The average molecular weight is 304 g/mol. The van der Waals surface area contributed by atoms with Crippen LogP contribution in [0.4, 0.5) is 5.69 Å². The van der Waals surface area contributed by atoms with E-state index in [4.69, 9.17) is 0 Å². The number of sulfone groups is 1. The Balaban J connectivity index is 2.19. The summed E-state index contributed by atoms with van der Waals surface area (Å²) in [6.07, 6.45) is 2.41. The number of rotatable bonds is 6. The number of anilines is 1. The molecule has 1 heterocycles. The number of nitrogens with one attached hydrogen (secondary N) is 1. The summed E-state index contributed by atoms with van der Waals surface area (Å²) >= 11 is 0. The van der Waals surface area contributed by atoms with Crippen LogP contribution in [0.5, 0.6) is 0 Å². The molecule has 0 unspecified atom stereocenters. The molecule has 1 aromatic heterocycles. The number of aromatic nitrogens is 1. The van der Waals surface area contributed by atoms with Crippen molar-refractivity contribution in [3.63, 3.8) is 0 Å². The minimum absolute atomic E-state index is 0.164. The molecule has 0 saturated carbocycles. The Hall–Kier alpha value is -1.88. The standard InChI is InChI=1S/C16H20N2O2S/c1-3-10-21(19,20)16-7-5-4-6-15(16)18-12-14-9-8-13(2)17-11-14/h4-9,11,18H,3,10,12H2,1-2H3. The van der Waals surface area contributed by atoms with E-state index in [9.17, 15) is 8.42 Å². The molecule has 0 saturated heterocycles. The molecule has 0 bridgehead atoms. The number of benzene rings is 1. The van der Waals surface area contributed by atoms with Gasteiger partial charge in [-0.05, 0) is 37.1 Å². The molecule has 0 atom stereocenters. The molecule has 2 aromatic rings. The van der Waals surface area contributed by atoms with Gasteiger partial charge in [0.15, 0.2) is 9.84 Å². The fourth-order valence-electron chi connectivity index (χ4n) is 2.06. The van der Waals surface area contributed by atoms with E-state index in [1.165, 1.54) is 0 Å². The molecule has 21 heavy (non-hydrogen) atoms. The second-order valence-corrected chi connectivity index (χ2v) is 7.05. The molecule has 112 valence electrons. The smallest absolute Gasteiger partial charge is 0.180 e. The monoisotopic (exact) mass is 304 g/mol. The number of aryl methyl sites for hydroxylation is 1. The molecule has 4 nitrogen and oxygen atoms in total. The molecule has 1 N–H and O–H groups in total. The highest BCUT2D eigenvalue weighted by Crippen LogP contribution is 2.23. The number of nitrogens with zero attached hydrogens (tertiary/aromatic N) is 1. The molecule has 0 amide bonds. The molecular formula is C16H20N2O2S. The van der Waals surface area contributed by atoms with E-state index >= 15 is 0 Å². The fourth-order valence-corrected chi connectivity index (χ4v) is 3.58. The van der Waals surface area contributed by atoms with Crippen LogP contribution in [-0.4, -0.2) is 19.2 Å². The second kappa shape index (κ2) is 6.72. The maximum Gasteiger partial charge on any atom is 0.180 e. The summed E-state index contributed by atoms with van der Waals surface area (Å²) in [4.78, 5) is 4.60. The Bertz CT molecular complexity index is 694. The summed E-state index contributed by atoms with van der Waals surface area (Å²) < 4.78 is 24.5. The first-order valence-corrected chi connectivity index (χ1v) is 8.65. The van der Waals surface area contributed by atoms with Gasteiger partial charge in [0.25, 0.3) is 0 Å². The third-order valence-corrected chi connectivity index (χ3v) is 5.12. The van der Waals surface area contributed by atoms with Crippen molar-refractivity contribution < 1.29 is 8.42 Å². The minimum atomic E-state index is -3.23. The van der Waals surface area contributed by atoms with Gasteiger partial charge in [-0.15, -0.1) is 0 Å². The number of pyridine rings is 1. The maximum absolute atomic E-state index is 12.3. The molecular weight excluding hydrogens is 284 g/mol. The van der Waals surface area contributed by atoms with Gasteiger partial charge in [-0.1, -0.05) is 25.1 Å². The van der Waals surface area contributed by atoms with Crippen molar-refractivity contribution in [1.82, 2.24) is 4.98 Å². The molecule has 0 fully saturated rings. The summed E-state index contributed by atoms with van der Waals surface area (Å²) in [7, 11) is -3.23. The van der Waals surface area contributed by atoms with Gasteiger partial charge in [-0.25, -0.2) is 8.42 Å². The number of para-hydroxylation sites is 1. The molecule has 0 aliphatic carbocycles. The van der Waals surface area contributed by atoms with E-state index in [2.05, 4.69) is 10.3 Å². The number of hydrogen-bond acceptors (Lipinski definition) is 4. The molecule has 0 spiro atoms. The lowest BCUT2D eigenvalue weighted by Gasteiger charge is -2.12. The van der Waals surface area contributed by atoms with Crippen LogP contribution in [-0.2, 0) is 16.4 Å². The first-order valence-electron chi connectivity index (χ1n) is 7.00. The van der Waals surface area contributed by atoms with Crippen LogP contribution >= 0.6 is 0 Å². The lowest BCUT2D eigenvalue weighted by Crippen LogP contribution is -2.10. The first-order chi connectivity index (χ1) is 10.0. The van der Waals surface area contributed by atoms with Crippen molar-refractivity contribution in [2.45, 2.75) is 31.7 Å². The molecule has 0 aliphatic rings. The lowest BCUT2D eigenvalue weighted by molar-refractivity contribution is 0.595. The van der Waals surface area contributed by atoms with Crippen LogP contribution in [0.3, 0.4) is 0 Å². The van der Waals surface area contributed by atoms with E-state index in [0.29, 0.717) is 23.5 Å². The summed E-state index contributed by atoms with van der Waals surface area (Å²) in [5.74, 6) is 0.164. The van der Waals surface area contributed by atoms with Gasteiger partial charge in [-0.3, -0.25) is 4.98 Å². The Kier molecular flexibility index (Phi) is 4.96. The van der Waals surface area contributed by atoms with Crippen molar-refractivity contribution >= 4 is 15.5 Å². The molecule has 0 aliphatic heterocycles. The first kappa shape index (κ1) is 15.5. The van der Waals surface area contributed by atoms with E-state index in [0.717, 1.165) is 11.3 Å². The van der Waals surface area contributed by atoms with Crippen LogP contribution in [0.25, 0.3) is 0 Å². The van der Waals surface area contributed by atoms with Crippen molar-refractivity contribution in [2.75, 3.05) is 11.1 Å². The molecule has 1 aromatic carbocycles. The van der Waals surface area contributed by atoms with E-state index in [-0.39, 0.29) is 5.75 Å². The molecule has 5 heteroatoms. The summed E-state index contributed by atoms with van der Waals surface area (Å²) in [5, 5.41) is 3.19. The maximum atomic E-state index is 12.3.